The summed E-state index contributed by atoms with van der Waals surface area (Å²) in [4.78, 5) is 0. The van der Waals surface area contributed by atoms with E-state index in [1.165, 1.54) is 0 Å². The first-order valence-electron chi connectivity index (χ1n) is 5.75. The van der Waals surface area contributed by atoms with Crippen LogP contribution in [0.5, 0.6) is 0 Å². The Bertz CT molecular complexity index is 728. The second-order valence-electron chi connectivity index (χ2n) is 4.17. The fourth-order valence-electron chi connectivity index (χ4n) is 1.95. The van der Waals surface area contributed by atoms with Crippen LogP contribution in [0.2, 0.25) is 5.02 Å². The maximum absolute atomic E-state index is 6.16. The number of nitrogen functional groups attached to an aromatic ring is 1. The van der Waals surface area contributed by atoms with E-state index in [4.69, 9.17) is 17.3 Å². The number of halogens is 1. The molecule has 0 saturated carbocycles. The van der Waals surface area contributed by atoms with Gasteiger partial charge < -0.3 is 5.73 Å². The fraction of sp³-hybridized carbons (Fsp3) is 0.0769. The summed E-state index contributed by atoms with van der Waals surface area (Å²) >= 11 is 6.16. The van der Waals surface area contributed by atoms with Crippen LogP contribution in [-0.2, 0) is 7.05 Å². The Labute approximate surface area is 115 Å². The summed E-state index contributed by atoms with van der Waals surface area (Å²) in [5, 5.41) is 9.24. The number of nitrogens with two attached hydrogens (primary N) is 1. The van der Waals surface area contributed by atoms with Gasteiger partial charge in [-0.15, -0.1) is 0 Å². The van der Waals surface area contributed by atoms with Crippen molar-refractivity contribution in [3.05, 3.63) is 47.7 Å². The zero-order valence-electron chi connectivity index (χ0n) is 10.3. The lowest BCUT2D eigenvalue weighted by atomic mass is 10.3. The molecule has 6 heteroatoms. The molecule has 2 aromatic heterocycles. The first-order chi connectivity index (χ1) is 9.16. The zero-order valence-corrected chi connectivity index (χ0v) is 11.0. The minimum Gasteiger partial charge on any atom is -0.396 e. The van der Waals surface area contributed by atoms with Gasteiger partial charge in [0, 0.05) is 13.2 Å². The summed E-state index contributed by atoms with van der Waals surface area (Å²) in [5.74, 6) is 0. The van der Waals surface area contributed by atoms with E-state index in [1.54, 1.807) is 21.8 Å². The van der Waals surface area contributed by atoms with Crippen LogP contribution >= 0.6 is 11.6 Å². The van der Waals surface area contributed by atoms with Crippen molar-refractivity contribution in [2.75, 3.05) is 5.73 Å². The molecule has 0 aliphatic heterocycles. The summed E-state index contributed by atoms with van der Waals surface area (Å²) in [6, 6.07) is 9.36. The molecule has 0 atom stereocenters. The number of nitrogens with zero attached hydrogens (tertiary/aromatic N) is 4. The van der Waals surface area contributed by atoms with E-state index >= 15 is 0 Å². The predicted octanol–water partition coefficient (Wildman–Crippen LogP) is 2.51. The lowest BCUT2D eigenvalue weighted by Crippen LogP contribution is -1.98. The Morgan fingerprint density at radius 1 is 1.21 bits per heavy atom. The van der Waals surface area contributed by atoms with E-state index in [0.717, 1.165) is 11.4 Å². The molecule has 2 N–H and O–H groups in total. The Morgan fingerprint density at radius 2 is 2.00 bits per heavy atom. The average molecular weight is 274 g/mol. The van der Waals surface area contributed by atoms with Crippen LogP contribution in [0.3, 0.4) is 0 Å². The number of hydrogen-bond acceptors (Lipinski definition) is 3. The first kappa shape index (κ1) is 11.8. The predicted molar refractivity (Wildman–Crippen MR) is 75.2 cm³/mol. The molecule has 0 saturated heterocycles. The van der Waals surface area contributed by atoms with Crippen LogP contribution < -0.4 is 5.73 Å². The molecule has 0 unspecified atom stereocenters. The first-order valence-corrected chi connectivity index (χ1v) is 6.13. The molecule has 0 aliphatic rings. The summed E-state index contributed by atoms with van der Waals surface area (Å²) in [5.41, 5.74) is 8.96. The quantitative estimate of drug-likeness (QED) is 0.780. The summed E-state index contributed by atoms with van der Waals surface area (Å²) in [7, 11) is 1.85. The maximum Gasteiger partial charge on any atom is 0.134 e. The normalized spacial score (nSPS) is 10.8. The van der Waals surface area contributed by atoms with Crippen molar-refractivity contribution < 1.29 is 0 Å². The third-order valence-electron chi connectivity index (χ3n) is 2.91. The van der Waals surface area contributed by atoms with Crippen LogP contribution in [0.1, 0.15) is 0 Å². The number of rotatable bonds is 2. The highest BCUT2D eigenvalue weighted by molar-refractivity contribution is 6.32. The van der Waals surface area contributed by atoms with Crippen molar-refractivity contribution in [2.45, 2.75) is 0 Å². The van der Waals surface area contributed by atoms with Crippen molar-refractivity contribution in [3.63, 3.8) is 0 Å². The van der Waals surface area contributed by atoms with E-state index in [9.17, 15) is 0 Å². The van der Waals surface area contributed by atoms with E-state index in [1.807, 2.05) is 37.4 Å². The van der Waals surface area contributed by atoms with Crippen LogP contribution in [0.15, 0.2) is 42.7 Å². The van der Waals surface area contributed by atoms with Crippen molar-refractivity contribution in [3.8, 4) is 17.1 Å². The van der Waals surface area contributed by atoms with Crippen molar-refractivity contribution >= 4 is 17.3 Å². The Balaban J connectivity index is 2.13. The number of aryl methyl sites for hydroxylation is 1. The molecule has 0 fully saturated rings. The second kappa shape index (κ2) is 4.44. The molecule has 0 aliphatic carbocycles. The number of benzene rings is 1. The van der Waals surface area contributed by atoms with Gasteiger partial charge in [0.15, 0.2) is 0 Å². The number of hydrogen-bond donors (Lipinski definition) is 1. The third kappa shape index (κ3) is 1.98. The largest absolute Gasteiger partial charge is 0.396 e. The highest BCUT2D eigenvalue weighted by Gasteiger charge is 2.13. The Morgan fingerprint density at radius 3 is 2.68 bits per heavy atom. The Hall–Kier alpha value is -2.27. The van der Waals surface area contributed by atoms with Gasteiger partial charge in [-0.05, 0) is 18.2 Å². The molecular formula is C13H12ClN5. The fourth-order valence-corrected chi connectivity index (χ4v) is 2.18. The molecule has 96 valence electrons. The van der Waals surface area contributed by atoms with Gasteiger partial charge in [-0.25, -0.2) is 4.68 Å². The van der Waals surface area contributed by atoms with E-state index in [0.29, 0.717) is 16.4 Å². The maximum atomic E-state index is 6.16. The van der Waals surface area contributed by atoms with Crippen LogP contribution in [-0.4, -0.2) is 19.6 Å². The minimum atomic E-state index is 0.587. The van der Waals surface area contributed by atoms with Gasteiger partial charge in [-0.2, -0.15) is 10.2 Å². The molecule has 0 spiro atoms. The molecule has 2 heterocycles. The van der Waals surface area contributed by atoms with Crippen LogP contribution in [0.4, 0.5) is 5.69 Å². The molecule has 0 radical (unpaired) electrons. The molecule has 19 heavy (non-hydrogen) atoms. The molecule has 3 rings (SSSR count). The van der Waals surface area contributed by atoms with Gasteiger partial charge in [0.2, 0.25) is 0 Å². The third-order valence-corrected chi connectivity index (χ3v) is 3.22. The standard InChI is InChI=1S/C13H12ClN5/c1-18-12(6-7-16-18)13-10(15)8-19(17-13)11-5-3-2-4-9(11)14/h2-8H,15H2,1H3. The van der Waals surface area contributed by atoms with Crippen molar-refractivity contribution in [2.24, 2.45) is 7.05 Å². The Kier molecular flexibility index (Phi) is 2.76. The van der Waals surface area contributed by atoms with Gasteiger partial charge in [0.05, 0.1) is 28.3 Å². The average Bonchev–Trinajstić information content (AvgIpc) is 2.96. The molecule has 1 aromatic carbocycles. The number of anilines is 1. The summed E-state index contributed by atoms with van der Waals surface area (Å²) in [6.45, 7) is 0. The van der Waals surface area contributed by atoms with Crippen LogP contribution in [0.25, 0.3) is 17.1 Å². The van der Waals surface area contributed by atoms with E-state index in [2.05, 4.69) is 10.2 Å². The number of para-hydroxylation sites is 1. The molecule has 0 amide bonds. The lowest BCUT2D eigenvalue weighted by Gasteiger charge is -2.03. The smallest absolute Gasteiger partial charge is 0.134 e. The lowest BCUT2D eigenvalue weighted by molar-refractivity contribution is 0.769. The van der Waals surface area contributed by atoms with Gasteiger partial charge >= 0.3 is 0 Å². The summed E-state index contributed by atoms with van der Waals surface area (Å²) < 4.78 is 3.41. The molecule has 5 nitrogen and oxygen atoms in total. The van der Waals surface area contributed by atoms with Gasteiger partial charge in [0.25, 0.3) is 0 Å². The van der Waals surface area contributed by atoms with Gasteiger partial charge in [-0.1, -0.05) is 23.7 Å². The topological polar surface area (TPSA) is 61.7 Å². The molecule has 3 aromatic rings. The molecular weight excluding hydrogens is 262 g/mol. The van der Waals surface area contributed by atoms with Gasteiger partial charge in [-0.3, -0.25) is 4.68 Å². The summed E-state index contributed by atoms with van der Waals surface area (Å²) in [6.07, 6.45) is 3.47. The van der Waals surface area contributed by atoms with Crippen LogP contribution in [0, 0.1) is 0 Å². The van der Waals surface area contributed by atoms with Crippen molar-refractivity contribution in [1.82, 2.24) is 19.6 Å². The van der Waals surface area contributed by atoms with E-state index < -0.39 is 0 Å². The van der Waals surface area contributed by atoms with Gasteiger partial charge in [0.1, 0.15) is 5.69 Å². The molecule has 0 bridgehead atoms. The highest BCUT2D eigenvalue weighted by Crippen LogP contribution is 2.27. The second-order valence-corrected chi connectivity index (χ2v) is 4.58. The number of aromatic nitrogens is 4. The highest BCUT2D eigenvalue weighted by atomic mass is 35.5. The SMILES string of the molecule is Cn1nccc1-c1nn(-c2ccccc2Cl)cc1N. The monoisotopic (exact) mass is 273 g/mol. The van der Waals surface area contributed by atoms with E-state index in [-0.39, 0.29) is 0 Å². The zero-order chi connectivity index (χ0) is 13.4. The minimum absolute atomic E-state index is 0.587. The van der Waals surface area contributed by atoms with Crippen molar-refractivity contribution in [1.29, 1.82) is 0 Å².